The van der Waals surface area contributed by atoms with Gasteiger partial charge >= 0.3 is 5.97 Å². The van der Waals surface area contributed by atoms with E-state index in [0.717, 1.165) is 0 Å². The molecular formula is C10H15N3O3. The van der Waals surface area contributed by atoms with Crippen molar-refractivity contribution in [3.63, 3.8) is 0 Å². The highest BCUT2D eigenvalue weighted by Crippen LogP contribution is 2.03. The molecule has 2 N–H and O–H groups in total. The van der Waals surface area contributed by atoms with Crippen LogP contribution in [0.3, 0.4) is 0 Å². The van der Waals surface area contributed by atoms with E-state index < -0.39 is 5.97 Å². The first-order valence-electron chi connectivity index (χ1n) is 4.91. The average molecular weight is 225 g/mol. The first-order valence-corrected chi connectivity index (χ1v) is 4.91. The first-order chi connectivity index (χ1) is 7.63. The summed E-state index contributed by atoms with van der Waals surface area (Å²) in [5, 5.41) is 11.7. The summed E-state index contributed by atoms with van der Waals surface area (Å²) >= 11 is 0. The normalized spacial score (nSPS) is 12.1. The maximum absolute atomic E-state index is 10.5. The Bertz CT molecular complexity index is 340. The van der Waals surface area contributed by atoms with E-state index in [1.165, 1.54) is 12.4 Å². The highest BCUT2D eigenvalue weighted by atomic mass is 16.5. The lowest BCUT2D eigenvalue weighted by Gasteiger charge is -2.11. The molecule has 1 aromatic heterocycles. The molecule has 1 aromatic rings. The molecule has 1 unspecified atom stereocenters. The van der Waals surface area contributed by atoms with Crippen molar-refractivity contribution >= 4 is 11.8 Å². The van der Waals surface area contributed by atoms with E-state index in [4.69, 9.17) is 9.84 Å². The zero-order chi connectivity index (χ0) is 12.0. The van der Waals surface area contributed by atoms with E-state index >= 15 is 0 Å². The topological polar surface area (TPSA) is 84.3 Å². The maximum Gasteiger partial charge on any atom is 0.356 e. The first kappa shape index (κ1) is 12.4. The summed E-state index contributed by atoms with van der Waals surface area (Å²) in [5.74, 6) is -0.161. The summed E-state index contributed by atoms with van der Waals surface area (Å²) in [7, 11) is 1.65. The molecular weight excluding hydrogens is 210 g/mol. The Morgan fingerprint density at radius 3 is 2.81 bits per heavy atom. The predicted octanol–water partition coefficient (Wildman–Crippen LogP) is 0.869. The number of anilines is 1. The van der Waals surface area contributed by atoms with Gasteiger partial charge in [0.2, 0.25) is 0 Å². The quantitative estimate of drug-likeness (QED) is 0.747. The van der Waals surface area contributed by atoms with Crippen molar-refractivity contribution in [2.45, 2.75) is 6.92 Å². The summed E-state index contributed by atoms with van der Waals surface area (Å²) in [4.78, 5) is 18.2. The molecule has 0 saturated carbocycles. The molecule has 6 heteroatoms. The molecule has 0 fully saturated rings. The number of carboxylic acid groups (broad SMARTS) is 1. The number of carbonyl (C=O) groups is 1. The molecule has 0 saturated heterocycles. The lowest BCUT2D eigenvalue weighted by atomic mass is 10.2. The molecule has 0 radical (unpaired) electrons. The number of aromatic carboxylic acids is 1. The predicted molar refractivity (Wildman–Crippen MR) is 58.5 cm³/mol. The summed E-state index contributed by atoms with van der Waals surface area (Å²) in [6, 6.07) is 0. The monoisotopic (exact) mass is 225 g/mol. The van der Waals surface area contributed by atoms with Crippen LogP contribution in [-0.2, 0) is 4.74 Å². The third kappa shape index (κ3) is 3.82. The molecule has 88 valence electrons. The van der Waals surface area contributed by atoms with Crippen LogP contribution in [0.25, 0.3) is 0 Å². The van der Waals surface area contributed by atoms with Crippen LogP contribution >= 0.6 is 0 Å². The van der Waals surface area contributed by atoms with Crippen LogP contribution in [0.5, 0.6) is 0 Å². The lowest BCUT2D eigenvalue weighted by Crippen LogP contribution is -2.16. The van der Waals surface area contributed by atoms with Gasteiger partial charge < -0.3 is 15.2 Å². The highest BCUT2D eigenvalue weighted by molar-refractivity contribution is 5.84. The summed E-state index contributed by atoms with van der Waals surface area (Å²) < 4.78 is 4.99. The second-order valence-electron chi connectivity index (χ2n) is 3.53. The van der Waals surface area contributed by atoms with Gasteiger partial charge in [0.1, 0.15) is 5.82 Å². The van der Waals surface area contributed by atoms with Gasteiger partial charge in [0.15, 0.2) is 5.69 Å². The Morgan fingerprint density at radius 2 is 2.31 bits per heavy atom. The fourth-order valence-electron chi connectivity index (χ4n) is 1.15. The number of nitrogens with zero attached hydrogens (tertiary/aromatic N) is 2. The van der Waals surface area contributed by atoms with Gasteiger partial charge in [-0.15, -0.1) is 0 Å². The van der Waals surface area contributed by atoms with Crippen LogP contribution < -0.4 is 5.32 Å². The number of methoxy groups -OCH3 is 1. The second-order valence-corrected chi connectivity index (χ2v) is 3.53. The summed E-state index contributed by atoms with van der Waals surface area (Å²) in [6.07, 6.45) is 2.63. The van der Waals surface area contributed by atoms with Gasteiger partial charge in [-0.05, 0) is 5.92 Å². The van der Waals surface area contributed by atoms with Gasteiger partial charge in [0.25, 0.3) is 0 Å². The van der Waals surface area contributed by atoms with Crippen molar-refractivity contribution in [2.75, 3.05) is 25.6 Å². The molecule has 0 spiro atoms. The van der Waals surface area contributed by atoms with Gasteiger partial charge in [0, 0.05) is 13.7 Å². The average Bonchev–Trinajstić information content (AvgIpc) is 2.27. The Hall–Kier alpha value is -1.69. The van der Waals surface area contributed by atoms with E-state index in [9.17, 15) is 4.79 Å². The van der Waals surface area contributed by atoms with Crippen LogP contribution in [-0.4, -0.2) is 41.3 Å². The second kappa shape index (κ2) is 6.02. The minimum atomic E-state index is -1.08. The van der Waals surface area contributed by atoms with E-state index in [-0.39, 0.29) is 5.69 Å². The zero-order valence-corrected chi connectivity index (χ0v) is 9.30. The summed E-state index contributed by atoms with van der Waals surface area (Å²) in [5.41, 5.74) is -0.0597. The number of rotatable bonds is 6. The minimum Gasteiger partial charge on any atom is -0.476 e. The van der Waals surface area contributed by atoms with Gasteiger partial charge in [-0.3, -0.25) is 0 Å². The number of nitrogens with one attached hydrogen (secondary N) is 1. The number of carboxylic acids is 1. The number of aromatic nitrogens is 2. The fourth-order valence-corrected chi connectivity index (χ4v) is 1.15. The highest BCUT2D eigenvalue weighted by Gasteiger charge is 2.05. The van der Waals surface area contributed by atoms with E-state index in [1.54, 1.807) is 7.11 Å². The summed E-state index contributed by atoms with van der Waals surface area (Å²) in [6.45, 7) is 3.40. The third-order valence-electron chi connectivity index (χ3n) is 1.95. The van der Waals surface area contributed by atoms with Crippen molar-refractivity contribution < 1.29 is 14.6 Å². The van der Waals surface area contributed by atoms with Gasteiger partial charge in [-0.1, -0.05) is 6.92 Å². The van der Waals surface area contributed by atoms with Gasteiger partial charge in [0.05, 0.1) is 19.0 Å². The molecule has 6 nitrogen and oxygen atoms in total. The van der Waals surface area contributed by atoms with Crippen molar-refractivity contribution in [3.05, 3.63) is 18.1 Å². The molecule has 1 rings (SSSR count). The molecule has 1 atom stereocenters. The molecule has 0 bridgehead atoms. The van der Waals surface area contributed by atoms with E-state index in [2.05, 4.69) is 15.3 Å². The Morgan fingerprint density at radius 1 is 1.56 bits per heavy atom. The number of ether oxygens (including phenoxy) is 1. The number of hydrogen-bond donors (Lipinski definition) is 2. The van der Waals surface area contributed by atoms with E-state index in [0.29, 0.717) is 24.9 Å². The van der Waals surface area contributed by atoms with Crippen molar-refractivity contribution in [3.8, 4) is 0 Å². The largest absolute Gasteiger partial charge is 0.476 e. The molecule has 0 aliphatic heterocycles. The van der Waals surface area contributed by atoms with Gasteiger partial charge in [-0.2, -0.15) is 0 Å². The third-order valence-corrected chi connectivity index (χ3v) is 1.95. The molecule has 0 aliphatic carbocycles. The Labute approximate surface area is 93.7 Å². The number of hydrogen-bond acceptors (Lipinski definition) is 5. The van der Waals surface area contributed by atoms with Crippen LogP contribution in [0.15, 0.2) is 12.4 Å². The Balaban J connectivity index is 2.46. The van der Waals surface area contributed by atoms with Gasteiger partial charge in [-0.25, -0.2) is 14.8 Å². The van der Waals surface area contributed by atoms with E-state index in [1.807, 2.05) is 6.92 Å². The molecule has 0 amide bonds. The fraction of sp³-hybridized carbons (Fsp3) is 0.500. The molecule has 1 heterocycles. The van der Waals surface area contributed by atoms with Crippen molar-refractivity contribution in [2.24, 2.45) is 5.92 Å². The smallest absolute Gasteiger partial charge is 0.356 e. The molecule has 0 aromatic carbocycles. The van der Waals surface area contributed by atoms with Crippen molar-refractivity contribution in [1.82, 2.24) is 9.97 Å². The Kier molecular flexibility index (Phi) is 4.65. The van der Waals surface area contributed by atoms with Crippen molar-refractivity contribution in [1.29, 1.82) is 0 Å². The minimum absolute atomic E-state index is 0.0597. The molecule has 16 heavy (non-hydrogen) atoms. The van der Waals surface area contributed by atoms with Crippen LogP contribution in [0.1, 0.15) is 17.4 Å². The van der Waals surface area contributed by atoms with Crippen LogP contribution in [0.4, 0.5) is 5.82 Å². The van der Waals surface area contributed by atoms with Crippen LogP contribution in [0, 0.1) is 5.92 Å². The molecule has 0 aliphatic rings. The lowest BCUT2D eigenvalue weighted by molar-refractivity contribution is 0.0690. The standard InChI is InChI=1S/C10H15N3O3/c1-7(6-16-2)3-12-9-5-11-8(4-13-9)10(14)15/h4-5,7H,3,6H2,1-2H3,(H,12,13)(H,14,15). The SMILES string of the molecule is COCC(C)CNc1cnc(C(=O)O)cn1. The zero-order valence-electron chi connectivity index (χ0n) is 9.30. The van der Waals surface area contributed by atoms with Crippen LogP contribution in [0.2, 0.25) is 0 Å². The maximum atomic E-state index is 10.5.